The van der Waals surface area contributed by atoms with Crippen LogP contribution in [0.4, 0.5) is 0 Å². The SMILES string of the molecule is NC1CCCCN=N1. The summed E-state index contributed by atoms with van der Waals surface area (Å²) >= 11 is 0. The number of rotatable bonds is 0. The summed E-state index contributed by atoms with van der Waals surface area (Å²) < 4.78 is 0. The molecular weight excluding hydrogens is 102 g/mol. The topological polar surface area (TPSA) is 50.7 Å². The second-order valence-electron chi connectivity index (χ2n) is 2.04. The first kappa shape index (κ1) is 5.69. The van der Waals surface area contributed by atoms with E-state index < -0.39 is 0 Å². The van der Waals surface area contributed by atoms with E-state index in [4.69, 9.17) is 5.73 Å². The van der Waals surface area contributed by atoms with Gasteiger partial charge in [-0.1, -0.05) is 0 Å². The van der Waals surface area contributed by atoms with Gasteiger partial charge in [0.2, 0.25) is 0 Å². The second-order valence-corrected chi connectivity index (χ2v) is 2.04. The molecule has 0 aromatic carbocycles. The Morgan fingerprint density at radius 1 is 1.38 bits per heavy atom. The van der Waals surface area contributed by atoms with Gasteiger partial charge < -0.3 is 5.73 Å². The van der Waals surface area contributed by atoms with E-state index in [9.17, 15) is 0 Å². The fourth-order valence-electron chi connectivity index (χ4n) is 0.756. The molecule has 2 N–H and O–H groups in total. The number of hydrogen-bond donors (Lipinski definition) is 1. The van der Waals surface area contributed by atoms with Gasteiger partial charge in [0.05, 0.1) is 6.54 Å². The predicted molar refractivity (Wildman–Crippen MR) is 31.5 cm³/mol. The Labute approximate surface area is 49.0 Å². The molecule has 1 aliphatic heterocycles. The van der Waals surface area contributed by atoms with E-state index >= 15 is 0 Å². The van der Waals surface area contributed by atoms with Crippen LogP contribution in [-0.2, 0) is 0 Å². The molecule has 1 atom stereocenters. The van der Waals surface area contributed by atoms with E-state index in [1.165, 1.54) is 6.42 Å². The molecule has 0 spiro atoms. The van der Waals surface area contributed by atoms with Crippen molar-refractivity contribution < 1.29 is 0 Å². The highest BCUT2D eigenvalue weighted by atomic mass is 15.2. The quantitative estimate of drug-likeness (QED) is 0.498. The van der Waals surface area contributed by atoms with Gasteiger partial charge in [-0.25, -0.2) is 0 Å². The van der Waals surface area contributed by atoms with Gasteiger partial charge in [0.15, 0.2) is 0 Å². The summed E-state index contributed by atoms with van der Waals surface area (Å²) in [5, 5.41) is 7.68. The summed E-state index contributed by atoms with van der Waals surface area (Å²) in [6.07, 6.45) is 3.31. The van der Waals surface area contributed by atoms with E-state index in [-0.39, 0.29) is 6.17 Å². The first-order chi connectivity index (χ1) is 3.89. The Bertz CT molecular complexity index is 89.7. The van der Waals surface area contributed by atoms with Crippen LogP contribution in [0.3, 0.4) is 0 Å². The molecule has 0 saturated carbocycles. The van der Waals surface area contributed by atoms with Crippen molar-refractivity contribution in [1.82, 2.24) is 0 Å². The number of nitrogens with zero attached hydrogens (tertiary/aromatic N) is 2. The summed E-state index contributed by atoms with van der Waals surface area (Å²) in [4.78, 5) is 0. The molecule has 1 aliphatic rings. The Morgan fingerprint density at radius 3 is 3.12 bits per heavy atom. The van der Waals surface area contributed by atoms with Crippen LogP contribution < -0.4 is 5.73 Å². The van der Waals surface area contributed by atoms with Crippen molar-refractivity contribution in [1.29, 1.82) is 0 Å². The zero-order valence-electron chi connectivity index (χ0n) is 4.88. The summed E-state index contributed by atoms with van der Waals surface area (Å²) in [7, 11) is 0. The van der Waals surface area contributed by atoms with E-state index in [1.807, 2.05) is 0 Å². The molecule has 3 heteroatoms. The maximum absolute atomic E-state index is 5.47. The zero-order valence-corrected chi connectivity index (χ0v) is 4.88. The molecule has 0 radical (unpaired) electrons. The van der Waals surface area contributed by atoms with Crippen LogP contribution in [0.15, 0.2) is 10.2 Å². The van der Waals surface area contributed by atoms with Gasteiger partial charge >= 0.3 is 0 Å². The van der Waals surface area contributed by atoms with Gasteiger partial charge in [-0.15, -0.1) is 0 Å². The van der Waals surface area contributed by atoms with Crippen molar-refractivity contribution in [3.63, 3.8) is 0 Å². The van der Waals surface area contributed by atoms with Crippen molar-refractivity contribution >= 4 is 0 Å². The first-order valence-corrected chi connectivity index (χ1v) is 3.02. The van der Waals surface area contributed by atoms with Gasteiger partial charge in [0, 0.05) is 0 Å². The van der Waals surface area contributed by atoms with Crippen LogP contribution in [0.1, 0.15) is 19.3 Å². The lowest BCUT2D eigenvalue weighted by Gasteiger charge is -1.96. The normalized spacial score (nSPS) is 29.9. The minimum atomic E-state index is -0.0162. The highest BCUT2D eigenvalue weighted by Gasteiger charge is 2.01. The minimum Gasteiger partial charge on any atom is -0.308 e. The van der Waals surface area contributed by atoms with E-state index in [2.05, 4.69) is 10.2 Å². The summed E-state index contributed by atoms with van der Waals surface area (Å²) in [5.41, 5.74) is 5.47. The summed E-state index contributed by atoms with van der Waals surface area (Å²) in [5.74, 6) is 0. The van der Waals surface area contributed by atoms with Gasteiger partial charge in [0.25, 0.3) is 0 Å². The van der Waals surface area contributed by atoms with Gasteiger partial charge in [-0.05, 0) is 19.3 Å². The molecule has 0 bridgehead atoms. The standard InChI is InChI=1S/C5H11N3/c6-5-3-1-2-4-7-8-5/h5H,1-4,6H2. The Morgan fingerprint density at radius 2 is 2.25 bits per heavy atom. The van der Waals surface area contributed by atoms with E-state index in [0.29, 0.717) is 0 Å². The second kappa shape index (κ2) is 2.77. The molecule has 1 heterocycles. The van der Waals surface area contributed by atoms with Crippen LogP contribution in [0.5, 0.6) is 0 Å². The van der Waals surface area contributed by atoms with Crippen molar-refractivity contribution in [2.45, 2.75) is 25.4 Å². The van der Waals surface area contributed by atoms with Crippen LogP contribution in [0.2, 0.25) is 0 Å². The van der Waals surface area contributed by atoms with Crippen LogP contribution in [0, 0.1) is 0 Å². The Hall–Kier alpha value is -0.440. The monoisotopic (exact) mass is 113 g/mol. The van der Waals surface area contributed by atoms with Gasteiger partial charge in [-0.3, -0.25) is 0 Å². The predicted octanol–water partition coefficient (Wildman–Crippen LogP) is 0.907. The van der Waals surface area contributed by atoms with E-state index in [0.717, 1.165) is 19.4 Å². The molecule has 46 valence electrons. The molecule has 0 saturated heterocycles. The Balaban J connectivity index is 2.33. The average molecular weight is 113 g/mol. The van der Waals surface area contributed by atoms with Crippen molar-refractivity contribution in [2.75, 3.05) is 6.54 Å². The largest absolute Gasteiger partial charge is 0.308 e. The molecule has 0 aromatic heterocycles. The molecule has 0 aromatic rings. The molecule has 1 rings (SSSR count). The minimum absolute atomic E-state index is 0.0162. The molecule has 3 nitrogen and oxygen atoms in total. The lowest BCUT2D eigenvalue weighted by molar-refractivity contribution is 0.610. The zero-order chi connectivity index (χ0) is 5.82. The third-order valence-corrected chi connectivity index (χ3v) is 1.24. The molecule has 1 unspecified atom stereocenters. The highest BCUT2D eigenvalue weighted by Crippen LogP contribution is 2.04. The van der Waals surface area contributed by atoms with Gasteiger partial charge in [0.1, 0.15) is 6.17 Å². The molecule has 8 heavy (non-hydrogen) atoms. The molecule has 0 amide bonds. The maximum atomic E-state index is 5.47. The maximum Gasteiger partial charge on any atom is 0.118 e. The molecule has 0 aliphatic carbocycles. The Kier molecular flexibility index (Phi) is 1.97. The number of hydrogen-bond acceptors (Lipinski definition) is 3. The summed E-state index contributed by atoms with van der Waals surface area (Å²) in [6.45, 7) is 0.869. The smallest absolute Gasteiger partial charge is 0.118 e. The first-order valence-electron chi connectivity index (χ1n) is 3.02. The highest BCUT2D eigenvalue weighted by molar-refractivity contribution is 4.59. The number of nitrogens with two attached hydrogens (primary N) is 1. The number of azo groups is 1. The lowest BCUT2D eigenvalue weighted by Crippen LogP contribution is -2.14. The molecule has 0 fully saturated rings. The summed E-state index contributed by atoms with van der Waals surface area (Å²) in [6, 6.07) is 0. The third-order valence-electron chi connectivity index (χ3n) is 1.24. The fourth-order valence-corrected chi connectivity index (χ4v) is 0.756. The van der Waals surface area contributed by atoms with Crippen molar-refractivity contribution in [3.05, 3.63) is 0 Å². The van der Waals surface area contributed by atoms with Crippen molar-refractivity contribution in [2.24, 2.45) is 16.0 Å². The van der Waals surface area contributed by atoms with E-state index in [1.54, 1.807) is 0 Å². The molecular formula is C5H11N3. The van der Waals surface area contributed by atoms with Crippen molar-refractivity contribution in [3.8, 4) is 0 Å². The fraction of sp³-hybridized carbons (Fsp3) is 1.00. The van der Waals surface area contributed by atoms with Crippen LogP contribution in [0.25, 0.3) is 0 Å². The van der Waals surface area contributed by atoms with Gasteiger partial charge in [-0.2, -0.15) is 10.2 Å². The van der Waals surface area contributed by atoms with Crippen LogP contribution >= 0.6 is 0 Å². The lowest BCUT2D eigenvalue weighted by atomic mass is 10.2. The van der Waals surface area contributed by atoms with Crippen LogP contribution in [-0.4, -0.2) is 12.7 Å². The average Bonchev–Trinajstić information content (AvgIpc) is 1.94. The third kappa shape index (κ3) is 1.58.